The van der Waals surface area contributed by atoms with E-state index in [0.717, 1.165) is 13.0 Å². The molecular formula is C9H16O2. The highest BCUT2D eigenvalue weighted by Crippen LogP contribution is 2.13. The summed E-state index contributed by atoms with van der Waals surface area (Å²) >= 11 is 0. The van der Waals surface area contributed by atoms with Gasteiger partial charge in [-0.3, -0.25) is 0 Å². The first-order valence-corrected chi connectivity index (χ1v) is 4.11. The summed E-state index contributed by atoms with van der Waals surface area (Å²) in [6.45, 7) is 5.40. The molecule has 0 aromatic carbocycles. The average molecular weight is 156 g/mol. The summed E-state index contributed by atoms with van der Waals surface area (Å²) in [6, 6.07) is 0. The van der Waals surface area contributed by atoms with Crippen LogP contribution in [0.15, 0.2) is 11.6 Å². The molecule has 1 N–H and O–H groups in total. The van der Waals surface area contributed by atoms with Crippen LogP contribution in [0.25, 0.3) is 0 Å². The van der Waals surface area contributed by atoms with Crippen molar-refractivity contribution >= 4 is 0 Å². The summed E-state index contributed by atoms with van der Waals surface area (Å²) in [5.41, 5.74) is 1.27. The lowest BCUT2D eigenvalue weighted by molar-refractivity contribution is 0.0252. The van der Waals surface area contributed by atoms with Gasteiger partial charge in [0.05, 0.1) is 19.3 Å². The predicted octanol–water partition coefficient (Wildman–Crippen LogP) is 1.35. The Morgan fingerprint density at radius 2 is 2.27 bits per heavy atom. The molecule has 0 aliphatic carbocycles. The molecule has 0 saturated carbocycles. The smallest absolute Gasteiger partial charge is 0.0810 e. The van der Waals surface area contributed by atoms with Crippen molar-refractivity contribution in [3.05, 3.63) is 11.6 Å². The molecule has 0 bridgehead atoms. The van der Waals surface area contributed by atoms with Crippen LogP contribution in [0.2, 0.25) is 0 Å². The molecule has 0 aromatic rings. The van der Waals surface area contributed by atoms with E-state index in [9.17, 15) is 5.11 Å². The molecule has 11 heavy (non-hydrogen) atoms. The monoisotopic (exact) mass is 156 g/mol. The average Bonchev–Trinajstić information content (AvgIpc) is 1.83. The first kappa shape index (κ1) is 8.75. The minimum Gasteiger partial charge on any atom is -0.390 e. The first-order valence-electron chi connectivity index (χ1n) is 4.11. The molecule has 1 aliphatic heterocycles. The molecule has 0 fully saturated rings. The highest BCUT2D eigenvalue weighted by molar-refractivity contribution is 5.02. The second-order valence-corrected chi connectivity index (χ2v) is 3.39. The number of rotatable bonds is 0. The highest BCUT2D eigenvalue weighted by atomic mass is 16.5. The van der Waals surface area contributed by atoms with Gasteiger partial charge in [0.25, 0.3) is 0 Å². The van der Waals surface area contributed by atoms with E-state index in [0.29, 0.717) is 12.5 Å². The Morgan fingerprint density at radius 1 is 1.55 bits per heavy atom. The Hall–Kier alpha value is -0.340. The Morgan fingerprint density at radius 3 is 3.00 bits per heavy atom. The molecule has 2 heteroatoms. The zero-order chi connectivity index (χ0) is 8.27. The van der Waals surface area contributed by atoms with Crippen LogP contribution in [-0.4, -0.2) is 24.4 Å². The molecule has 2 atom stereocenters. The second kappa shape index (κ2) is 3.88. The quantitative estimate of drug-likeness (QED) is 0.536. The Kier molecular flexibility index (Phi) is 3.09. The SMILES string of the molecule is CC1=CC(C)COCC(O)C1. The van der Waals surface area contributed by atoms with Crippen molar-refractivity contribution in [2.24, 2.45) is 5.92 Å². The number of ether oxygens (including phenoxy) is 1. The van der Waals surface area contributed by atoms with Crippen molar-refractivity contribution in [2.45, 2.75) is 26.4 Å². The molecule has 2 unspecified atom stereocenters. The Bertz CT molecular complexity index is 152. The van der Waals surface area contributed by atoms with Gasteiger partial charge in [-0.25, -0.2) is 0 Å². The van der Waals surface area contributed by atoms with Crippen LogP contribution < -0.4 is 0 Å². The summed E-state index contributed by atoms with van der Waals surface area (Å²) in [5.74, 6) is 0.488. The minimum absolute atomic E-state index is 0.307. The molecule has 0 amide bonds. The maximum absolute atomic E-state index is 9.31. The normalized spacial score (nSPS) is 33.9. The summed E-state index contributed by atoms with van der Waals surface area (Å²) in [4.78, 5) is 0. The van der Waals surface area contributed by atoms with Crippen molar-refractivity contribution in [3.8, 4) is 0 Å². The largest absolute Gasteiger partial charge is 0.390 e. The van der Waals surface area contributed by atoms with Gasteiger partial charge in [-0.05, 0) is 19.3 Å². The zero-order valence-corrected chi connectivity index (χ0v) is 7.21. The highest BCUT2D eigenvalue weighted by Gasteiger charge is 2.10. The van der Waals surface area contributed by atoms with Crippen LogP contribution in [0.3, 0.4) is 0 Å². The summed E-state index contributed by atoms with van der Waals surface area (Å²) in [5, 5.41) is 9.31. The minimum atomic E-state index is -0.307. The van der Waals surface area contributed by atoms with Crippen LogP contribution in [0.1, 0.15) is 20.3 Å². The molecule has 1 rings (SSSR count). The van der Waals surface area contributed by atoms with Gasteiger partial charge in [0, 0.05) is 0 Å². The van der Waals surface area contributed by atoms with E-state index in [2.05, 4.69) is 19.9 Å². The fourth-order valence-electron chi connectivity index (χ4n) is 1.42. The van der Waals surface area contributed by atoms with Gasteiger partial charge in [0.15, 0.2) is 0 Å². The van der Waals surface area contributed by atoms with Crippen molar-refractivity contribution in [3.63, 3.8) is 0 Å². The van der Waals surface area contributed by atoms with Crippen molar-refractivity contribution in [1.82, 2.24) is 0 Å². The van der Waals surface area contributed by atoms with Crippen LogP contribution in [0.4, 0.5) is 0 Å². The number of aliphatic hydroxyl groups is 1. The van der Waals surface area contributed by atoms with Crippen molar-refractivity contribution < 1.29 is 9.84 Å². The molecule has 0 radical (unpaired) electrons. The van der Waals surface area contributed by atoms with Crippen LogP contribution >= 0.6 is 0 Å². The molecule has 1 heterocycles. The van der Waals surface area contributed by atoms with Crippen molar-refractivity contribution in [1.29, 1.82) is 0 Å². The molecule has 0 saturated heterocycles. The lowest BCUT2D eigenvalue weighted by Gasteiger charge is -2.17. The molecule has 2 nitrogen and oxygen atoms in total. The van der Waals surface area contributed by atoms with Gasteiger partial charge in [-0.2, -0.15) is 0 Å². The molecular weight excluding hydrogens is 140 g/mol. The molecule has 0 spiro atoms. The molecule has 64 valence electrons. The predicted molar refractivity (Wildman–Crippen MR) is 44.4 cm³/mol. The third-order valence-corrected chi connectivity index (χ3v) is 1.82. The fraction of sp³-hybridized carbons (Fsp3) is 0.778. The standard InChI is InChI=1S/C9H16O2/c1-7-3-8(2)5-11-6-9(10)4-7/h3,8-10H,4-6H2,1-2H3. The fourth-order valence-corrected chi connectivity index (χ4v) is 1.42. The van der Waals surface area contributed by atoms with E-state index in [4.69, 9.17) is 4.74 Å². The maximum Gasteiger partial charge on any atom is 0.0810 e. The molecule has 1 aliphatic rings. The lowest BCUT2D eigenvalue weighted by Crippen LogP contribution is -2.20. The van der Waals surface area contributed by atoms with E-state index < -0.39 is 0 Å². The van der Waals surface area contributed by atoms with Gasteiger partial charge in [-0.15, -0.1) is 0 Å². The van der Waals surface area contributed by atoms with Crippen LogP contribution in [-0.2, 0) is 4.74 Å². The van der Waals surface area contributed by atoms with Gasteiger partial charge in [0.2, 0.25) is 0 Å². The number of hydrogen-bond acceptors (Lipinski definition) is 2. The summed E-state index contributed by atoms with van der Waals surface area (Å²) in [7, 11) is 0. The van der Waals surface area contributed by atoms with Gasteiger partial charge < -0.3 is 9.84 Å². The van der Waals surface area contributed by atoms with E-state index in [1.807, 2.05) is 0 Å². The zero-order valence-electron chi connectivity index (χ0n) is 7.21. The number of hydrogen-bond donors (Lipinski definition) is 1. The van der Waals surface area contributed by atoms with Gasteiger partial charge >= 0.3 is 0 Å². The lowest BCUT2D eigenvalue weighted by atomic mass is 10.0. The molecule has 0 aromatic heterocycles. The Labute approximate surface area is 67.9 Å². The van der Waals surface area contributed by atoms with E-state index in [-0.39, 0.29) is 6.10 Å². The van der Waals surface area contributed by atoms with Gasteiger partial charge in [0.1, 0.15) is 0 Å². The third-order valence-electron chi connectivity index (χ3n) is 1.82. The van der Waals surface area contributed by atoms with Crippen LogP contribution in [0, 0.1) is 5.92 Å². The third kappa shape index (κ3) is 3.04. The van der Waals surface area contributed by atoms with Crippen molar-refractivity contribution in [2.75, 3.05) is 13.2 Å². The first-order chi connectivity index (χ1) is 5.18. The topological polar surface area (TPSA) is 29.5 Å². The summed E-state index contributed by atoms with van der Waals surface area (Å²) in [6.07, 6.45) is 2.62. The summed E-state index contributed by atoms with van der Waals surface area (Å²) < 4.78 is 5.25. The number of aliphatic hydroxyl groups excluding tert-OH is 1. The van der Waals surface area contributed by atoms with E-state index in [1.165, 1.54) is 5.57 Å². The Balaban J connectivity index is 2.54. The maximum atomic E-state index is 9.31. The van der Waals surface area contributed by atoms with E-state index >= 15 is 0 Å². The van der Waals surface area contributed by atoms with Gasteiger partial charge in [-0.1, -0.05) is 18.6 Å². The van der Waals surface area contributed by atoms with Crippen LogP contribution in [0.5, 0.6) is 0 Å². The second-order valence-electron chi connectivity index (χ2n) is 3.39. The van der Waals surface area contributed by atoms with E-state index in [1.54, 1.807) is 0 Å².